The van der Waals surface area contributed by atoms with Crippen molar-refractivity contribution in [2.24, 2.45) is 5.92 Å². The van der Waals surface area contributed by atoms with E-state index in [2.05, 4.69) is 43.0 Å². The molecule has 1 aromatic carbocycles. The smallest absolute Gasteiger partial charge is 0.305 e. The van der Waals surface area contributed by atoms with Crippen molar-refractivity contribution in [1.29, 1.82) is 0 Å². The molecule has 2 atom stereocenters. The fourth-order valence-corrected chi connectivity index (χ4v) is 2.71. The van der Waals surface area contributed by atoms with Crippen LogP contribution in [0.1, 0.15) is 25.3 Å². The minimum atomic E-state index is -0.753. The third kappa shape index (κ3) is 3.73. The van der Waals surface area contributed by atoms with Crippen LogP contribution < -0.4 is 4.90 Å². The summed E-state index contributed by atoms with van der Waals surface area (Å²) in [6.07, 6.45) is 1.21. The van der Waals surface area contributed by atoms with E-state index in [0.717, 1.165) is 25.3 Å². The SMILES string of the molecule is Cc1ccc(N(CCC(=O)O)C(C)C2CCOC2)cc1. The fourth-order valence-electron chi connectivity index (χ4n) is 2.71. The molecule has 20 heavy (non-hydrogen) atoms. The van der Waals surface area contributed by atoms with Gasteiger partial charge in [-0.15, -0.1) is 0 Å². The van der Waals surface area contributed by atoms with Crippen molar-refractivity contribution in [2.45, 2.75) is 32.7 Å². The van der Waals surface area contributed by atoms with Crippen LogP contribution in [0.5, 0.6) is 0 Å². The maximum Gasteiger partial charge on any atom is 0.305 e. The topological polar surface area (TPSA) is 49.8 Å². The highest BCUT2D eigenvalue weighted by Crippen LogP contribution is 2.26. The molecular formula is C16H23NO3. The van der Waals surface area contributed by atoms with E-state index < -0.39 is 5.97 Å². The highest BCUT2D eigenvalue weighted by Gasteiger charge is 2.27. The summed E-state index contributed by atoms with van der Waals surface area (Å²) in [6, 6.07) is 8.58. The number of aryl methyl sites for hydroxylation is 1. The molecule has 0 spiro atoms. The average Bonchev–Trinajstić information content (AvgIpc) is 2.94. The number of carboxylic acid groups (broad SMARTS) is 1. The van der Waals surface area contributed by atoms with Crippen LogP contribution in [0.15, 0.2) is 24.3 Å². The van der Waals surface area contributed by atoms with Gasteiger partial charge in [-0.25, -0.2) is 0 Å². The summed E-state index contributed by atoms with van der Waals surface area (Å²) in [6.45, 7) is 6.35. The molecule has 4 heteroatoms. The van der Waals surface area contributed by atoms with Gasteiger partial charge in [0.1, 0.15) is 0 Å². The van der Waals surface area contributed by atoms with Crippen molar-refractivity contribution < 1.29 is 14.6 Å². The Morgan fingerprint density at radius 2 is 2.15 bits per heavy atom. The van der Waals surface area contributed by atoms with E-state index in [4.69, 9.17) is 9.84 Å². The van der Waals surface area contributed by atoms with Crippen molar-refractivity contribution in [1.82, 2.24) is 0 Å². The molecule has 1 fully saturated rings. The van der Waals surface area contributed by atoms with Crippen LogP contribution in [0.2, 0.25) is 0 Å². The number of ether oxygens (including phenoxy) is 1. The second-order valence-corrected chi connectivity index (χ2v) is 5.54. The third-order valence-corrected chi connectivity index (χ3v) is 4.07. The van der Waals surface area contributed by atoms with Crippen LogP contribution in [0.4, 0.5) is 5.69 Å². The zero-order valence-electron chi connectivity index (χ0n) is 12.2. The fraction of sp³-hybridized carbons (Fsp3) is 0.562. The van der Waals surface area contributed by atoms with Gasteiger partial charge in [-0.3, -0.25) is 4.79 Å². The number of aliphatic carboxylic acids is 1. The summed E-state index contributed by atoms with van der Waals surface area (Å²) in [5, 5.41) is 8.95. The Kier molecular flexibility index (Phi) is 5.01. The first-order valence-electron chi connectivity index (χ1n) is 7.21. The van der Waals surface area contributed by atoms with Gasteiger partial charge in [0.25, 0.3) is 0 Å². The van der Waals surface area contributed by atoms with Crippen LogP contribution in [0.25, 0.3) is 0 Å². The zero-order chi connectivity index (χ0) is 14.5. The number of hydrogen-bond donors (Lipinski definition) is 1. The summed E-state index contributed by atoms with van der Waals surface area (Å²) < 4.78 is 5.47. The predicted molar refractivity (Wildman–Crippen MR) is 79.2 cm³/mol. The van der Waals surface area contributed by atoms with Crippen LogP contribution in [0.3, 0.4) is 0 Å². The van der Waals surface area contributed by atoms with Crippen LogP contribution in [-0.4, -0.2) is 36.9 Å². The molecule has 1 N–H and O–H groups in total. The highest BCUT2D eigenvalue weighted by atomic mass is 16.5. The average molecular weight is 277 g/mol. The van der Waals surface area contributed by atoms with Gasteiger partial charge in [0, 0.05) is 30.8 Å². The molecule has 1 aliphatic rings. The number of benzene rings is 1. The van der Waals surface area contributed by atoms with E-state index >= 15 is 0 Å². The third-order valence-electron chi connectivity index (χ3n) is 4.07. The summed E-state index contributed by atoms with van der Waals surface area (Å²) >= 11 is 0. The van der Waals surface area contributed by atoms with Crippen LogP contribution in [-0.2, 0) is 9.53 Å². The zero-order valence-corrected chi connectivity index (χ0v) is 12.2. The van der Waals surface area contributed by atoms with Gasteiger partial charge in [-0.2, -0.15) is 0 Å². The monoisotopic (exact) mass is 277 g/mol. The molecule has 2 unspecified atom stereocenters. The normalized spacial score (nSPS) is 19.8. The molecule has 110 valence electrons. The van der Waals surface area contributed by atoms with Crippen molar-refractivity contribution in [3.8, 4) is 0 Å². The van der Waals surface area contributed by atoms with E-state index in [-0.39, 0.29) is 6.42 Å². The molecule has 0 radical (unpaired) electrons. The van der Waals surface area contributed by atoms with Gasteiger partial charge in [0.2, 0.25) is 0 Å². The highest BCUT2D eigenvalue weighted by molar-refractivity contribution is 5.67. The van der Waals surface area contributed by atoms with Crippen molar-refractivity contribution >= 4 is 11.7 Å². The number of hydrogen-bond acceptors (Lipinski definition) is 3. The lowest BCUT2D eigenvalue weighted by Gasteiger charge is -2.34. The lowest BCUT2D eigenvalue weighted by atomic mass is 9.98. The molecule has 2 rings (SSSR count). The van der Waals surface area contributed by atoms with Gasteiger partial charge in [-0.05, 0) is 32.4 Å². The first kappa shape index (κ1) is 14.9. The van der Waals surface area contributed by atoms with E-state index in [9.17, 15) is 4.79 Å². The van der Waals surface area contributed by atoms with Crippen molar-refractivity contribution in [2.75, 3.05) is 24.7 Å². The molecule has 1 aliphatic heterocycles. The first-order valence-corrected chi connectivity index (χ1v) is 7.21. The van der Waals surface area contributed by atoms with Gasteiger partial charge >= 0.3 is 5.97 Å². The second-order valence-electron chi connectivity index (χ2n) is 5.54. The Balaban J connectivity index is 2.14. The van der Waals surface area contributed by atoms with Crippen LogP contribution in [0, 0.1) is 12.8 Å². The lowest BCUT2D eigenvalue weighted by Crippen LogP contribution is -2.40. The maximum atomic E-state index is 10.9. The van der Waals surface area contributed by atoms with Gasteiger partial charge in [0.15, 0.2) is 0 Å². The number of carboxylic acids is 1. The molecule has 1 heterocycles. The molecule has 0 aliphatic carbocycles. The maximum absolute atomic E-state index is 10.9. The number of carbonyl (C=O) groups is 1. The molecular weight excluding hydrogens is 254 g/mol. The van der Waals surface area contributed by atoms with Gasteiger partial charge in [0.05, 0.1) is 13.0 Å². The first-order chi connectivity index (χ1) is 9.58. The quantitative estimate of drug-likeness (QED) is 0.868. The number of rotatable bonds is 6. The van der Waals surface area contributed by atoms with Crippen molar-refractivity contribution in [3.63, 3.8) is 0 Å². The number of anilines is 1. The predicted octanol–water partition coefficient (Wildman–Crippen LogP) is 2.70. The molecule has 1 saturated heterocycles. The second kappa shape index (κ2) is 6.75. The summed E-state index contributed by atoms with van der Waals surface area (Å²) in [5.74, 6) is -0.276. The van der Waals surface area contributed by atoms with E-state index in [0.29, 0.717) is 18.5 Å². The Labute approximate surface area is 120 Å². The van der Waals surface area contributed by atoms with E-state index in [1.807, 2.05) is 0 Å². The minimum absolute atomic E-state index is 0.159. The molecule has 0 bridgehead atoms. The summed E-state index contributed by atoms with van der Waals surface area (Å²) in [5.41, 5.74) is 2.31. The standard InChI is InChI=1S/C16H23NO3/c1-12-3-5-15(6-4-12)17(9-7-16(18)19)13(2)14-8-10-20-11-14/h3-6,13-14H,7-11H2,1-2H3,(H,18,19). The molecule has 1 aromatic rings. The van der Waals surface area contributed by atoms with Gasteiger partial charge in [-0.1, -0.05) is 17.7 Å². The summed E-state index contributed by atoms with van der Waals surface area (Å²) in [4.78, 5) is 13.1. The lowest BCUT2D eigenvalue weighted by molar-refractivity contribution is -0.136. The Morgan fingerprint density at radius 3 is 2.70 bits per heavy atom. The Bertz CT molecular complexity index is 438. The molecule has 0 aromatic heterocycles. The van der Waals surface area contributed by atoms with E-state index in [1.54, 1.807) is 0 Å². The molecule has 4 nitrogen and oxygen atoms in total. The largest absolute Gasteiger partial charge is 0.481 e. The molecule has 0 saturated carbocycles. The minimum Gasteiger partial charge on any atom is -0.481 e. The summed E-state index contributed by atoms with van der Waals surface area (Å²) in [7, 11) is 0. The van der Waals surface area contributed by atoms with Crippen molar-refractivity contribution in [3.05, 3.63) is 29.8 Å². The number of nitrogens with zero attached hydrogens (tertiary/aromatic N) is 1. The van der Waals surface area contributed by atoms with E-state index in [1.165, 1.54) is 5.56 Å². The molecule has 0 amide bonds. The van der Waals surface area contributed by atoms with Crippen LogP contribution >= 0.6 is 0 Å². The Hall–Kier alpha value is -1.55. The van der Waals surface area contributed by atoms with Gasteiger partial charge < -0.3 is 14.7 Å². The Morgan fingerprint density at radius 1 is 1.45 bits per heavy atom.